The lowest BCUT2D eigenvalue weighted by molar-refractivity contribution is -0.129. The van der Waals surface area contributed by atoms with Crippen LogP contribution in [0.25, 0.3) is 0 Å². The van der Waals surface area contributed by atoms with Crippen LogP contribution in [-0.2, 0) is 16.0 Å². The Kier molecular flexibility index (Phi) is 5.68. The molecule has 0 saturated carbocycles. The minimum Gasteiger partial charge on any atom is -0.503 e. The predicted molar refractivity (Wildman–Crippen MR) is 104 cm³/mol. The number of methoxy groups -OCH3 is 2. The van der Waals surface area contributed by atoms with Crippen LogP contribution in [0.3, 0.4) is 0 Å². The number of carbonyl (C=O) groups excluding carboxylic acids is 2. The maximum absolute atomic E-state index is 12.7. The van der Waals surface area contributed by atoms with Gasteiger partial charge in [0.15, 0.2) is 11.5 Å². The van der Waals surface area contributed by atoms with Crippen LogP contribution in [-0.4, -0.2) is 42.5 Å². The normalized spacial score (nSPS) is 16.5. The minimum absolute atomic E-state index is 0.0847. The first-order valence-electron chi connectivity index (χ1n) is 8.98. The van der Waals surface area contributed by atoms with Crippen molar-refractivity contribution in [2.24, 2.45) is 0 Å². The summed E-state index contributed by atoms with van der Waals surface area (Å²) >= 11 is 0. The zero-order valence-electron chi connectivity index (χ0n) is 16.1. The van der Waals surface area contributed by atoms with Crippen LogP contribution in [0.1, 0.15) is 24.1 Å². The zero-order chi connectivity index (χ0) is 20.3. The van der Waals surface area contributed by atoms with E-state index in [9.17, 15) is 14.7 Å². The molecule has 2 aromatic carbocycles. The first-order valence-corrected chi connectivity index (χ1v) is 8.98. The Morgan fingerprint density at radius 3 is 2.43 bits per heavy atom. The number of aliphatic hydroxyl groups excluding tert-OH is 1. The summed E-state index contributed by atoms with van der Waals surface area (Å²) in [7, 11) is 3.06. The molecular weight excluding hydrogens is 358 g/mol. The average molecular weight is 381 g/mol. The first-order chi connectivity index (χ1) is 13.5. The molecule has 2 aromatic rings. The fourth-order valence-electron chi connectivity index (χ4n) is 3.51. The lowest BCUT2D eigenvalue weighted by atomic mass is 9.95. The molecule has 1 N–H and O–H groups in total. The number of hydrogen-bond donors (Lipinski definition) is 1. The number of aliphatic hydroxyl groups is 1. The van der Waals surface area contributed by atoms with Gasteiger partial charge >= 0.3 is 0 Å². The molecule has 0 saturated heterocycles. The highest BCUT2D eigenvalue weighted by Gasteiger charge is 2.43. The van der Waals surface area contributed by atoms with Gasteiger partial charge < -0.3 is 19.5 Å². The van der Waals surface area contributed by atoms with Crippen LogP contribution in [0.5, 0.6) is 11.5 Å². The van der Waals surface area contributed by atoms with Crippen LogP contribution in [0.4, 0.5) is 0 Å². The van der Waals surface area contributed by atoms with Crippen molar-refractivity contribution in [2.45, 2.75) is 19.4 Å². The third-order valence-corrected chi connectivity index (χ3v) is 4.90. The Balaban J connectivity index is 2.01. The molecule has 28 heavy (non-hydrogen) atoms. The van der Waals surface area contributed by atoms with E-state index >= 15 is 0 Å². The smallest absolute Gasteiger partial charge is 0.290 e. The van der Waals surface area contributed by atoms with Gasteiger partial charge in [0, 0.05) is 18.2 Å². The largest absolute Gasteiger partial charge is 0.503 e. The second kappa shape index (κ2) is 8.17. The van der Waals surface area contributed by atoms with Crippen LogP contribution < -0.4 is 9.47 Å². The summed E-state index contributed by atoms with van der Waals surface area (Å²) in [5.74, 6) is -0.322. The highest BCUT2D eigenvalue weighted by Crippen LogP contribution is 2.42. The Morgan fingerprint density at radius 2 is 1.82 bits per heavy atom. The van der Waals surface area contributed by atoms with Gasteiger partial charge in [-0.05, 0) is 31.0 Å². The Hall–Kier alpha value is -3.28. The molecule has 0 radical (unpaired) electrons. The Labute approximate surface area is 164 Å². The molecule has 1 atom stereocenters. The van der Waals surface area contributed by atoms with Gasteiger partial charge in [0.25, 0.3) is 5.91 Å². The van der Waals surface area contributed by atoms with Crippen molar-refractivity contribution in [1.82, 2.24) is 4.90 Å². The molecule has 0 aliphatic carbocycles. The second-order valence-electron chi connectivity index (χ2n) is 6.56. The molecule has 0 aromatic heterocycles. The van der Waals surface area contributed by atoms with Gasteiger partial charge in [-0.2, -0.15) is 0 Å². The number of ether oxygens (including phenoxy) is 2. The fraction of sp³-hybridized carbons (Fsp3) is 0.273. The first kappa shape index (κ1) is 19.5. The van der Waals surface area contributed by atoms with E-state index in [1.807, 2.05) is 30.3 Å². The maximum Gasteiger partial charge on any atom is 0.290 e. The number of nitrogens with zero attached hydrogens (tertiary/aromatic N) is 1. The summed E-state index contributed by atoms with van der Waals surface area (Å²) in [6, 6.07) is 14.2. The molecule has 0 unspecified atom stereocenters. The van der Waals surface area contributed by atoms with Crippen molar-refractivity contribution in [2.75, 3.05) is 20.8 Å². The third kappa shape index (κ3) is 3.58. The van der Waals surface area contributed by atoms with Gasteiger partial charge in [0.2, 0.25) is 0 Å². The number of carbonyl (C=O) groups is 2. The molecule has 6 heteroatoms. The number of ketones is 1. The van der Waals surface area contributed by atoms with E-state index in [-0.39, 0.29) is 11.4 Å². The van der Waals surface area contributed by atoms with Crippen molar-refractivity contribution in [3.8, 4) is 11.5 Å². The van der Waals surface area contributed by atoms with Gasteiger partial charge in [-0.3, -0.25) is 9.59 Å². The van der Waals surface area contributed by atoms with Crippen molar-refractivity contribution in [1.29, 1.82) is 0 Å². The Morgan fingerprint density at radius 1 is 1.11 bits per heavy atom. The Bertz CT molecular complexity index is 920. The molecule has 1 heterocycles. The highest BCUT2D eigenvalue weighted by molar-refractivity contribution is 6.08. The molecule has 0 fully saturated rings. The lowest BCUT2D eigenvalue weighted by Gasteiger charge is -2.28. The molecule has 0 spiro atoms. The highest BCUT2D eigenvalue weighted by atomic mass is 16.5. The molecule has 0 bridgehead atoms. The monoisotopic (exact) mass is 381 g/mol. The average Bonchev–Trinajstić information content (AvgIpc) is 2.97. The fourth-order valence-corrected chi connectivity index (χ4v) is 3.51. The number of benzene rings is 2. The van der Waals surface area contributed by atoms with Crippen molar-refractivity contribution < 1.29 is 24.2 Å². The van der Waals surface area contributed by atoms with Crippen molar-refractivity contribution in [3.05, 3.63) is 71.0 Å². The minimum atomic E-state index is -0.713. The molecular formula is C22H23NO5. The second-order valence-corrected chi connectivity index (χ2v) is 6.56. The van der Waals surface area contributed by atoms with E-state index in [0.717, 1.165) is 5.56 Å². The summed E-state index contributed by atoms with van der Waals surface area (Å²) in [4.78, 5) is 26.5. The van der Waals surface area contributed by atoms with E-state index in [0.29, 0.717) is 30.0 Å². The van der Waals surface area contributed by atoms with E-state index in [2.05, 4.69) is 0 Å². The molecule has 1 amide bonds. The van der Waals surface area contributed by atoms with Crippen LogP contribution in [0.2, 0.25) is 0 Å². The van der Waals surface area contributed by atoms with Crippen molar-refractivity contribution >= 4 is 11.7 Å². The predicted octanol–water partition coefficient (Wildman–Crippen LogP) is 3.23. The number of rotatable bonds is 7. The van der Waals surface area contributed by atoms with Gasteiger partial charge in [-0.1, -0.05) is 30.3 Å². The van der Waals surface area contributed by atoms with E-state index in [1.54, 1.807) is 25.3 Å². The van der Waals surface area contributed by atoms with E-state index in [1.165, 1.54) is 18.9 Å². The summed E-state index contributed by atoms with van der Waals surface area (Å²) in [5.41, 5.74) is 1.77. The summed E-state index contributed by atoms with van der Waals surface area (Å²) in [6.45, 7) is 1.70. The zero-order valence-corrected chi connectivity index (χ0v) is 16.1. The molecule has 6 nitrogen and oxygen atoms in total. The van der Waals surface area contributed by atoms with Gasteiger partial charge in [0.05, 0.1) is 25.8 Å². The summed E-state index contributed by atoms with van der Waals surface area (Å²) in [5, 5.41) is 10.4. The van der Waals surface area contributed by atoms with Crippen molar-refractivity contribution in [3.63, 3.8) is 0 Å². The summed E-state index contributed by atoms with van der Waals surface area (Å²) < 4.78 is 10.7. The molecule has 3 rings (SSSR count). The van der Waals surface area contributed by atoms with Crippen LogP contribution in [0, 0.1) is 0 Å². The van der Waals surface area contributed by atoms with Crippen LogP contribution in [0.15, 0.2) is 59.9 Å². The molecule has 1 aliphatic heterocycles. The van der Waals surface area contributed by atoms with Gasteiger partial charge in [-0.25, -0.2) is 0 Å². The third-order valence-electron chi connectivity index (χ3n) is 4.90. The molecule has 146 valence electrons. The van der Waals surface area contributed by atoms with Gasteiger partial charge in [-0.15, -0.1) is 0 Å². The number of hydrogen-bond acceptors (Lipinski definition) is 5. The van der Waals surface area contributed by atoms with E-state index < -0.39 is 17.7 Å². The summed E-state index contributed by atoms with van der Waals surface area (Å²) in [6.07, 6.45) is 0.597. The van der Waals surface area contributed by atoms with Crippen LogP contribution >= 0.6 is 0 Å². The van der Waals surface area contributed by atoms with E-state index in [4.69, 9.17) is 9.47 Å². The lowest BCUT2D eigenvalue weighted by Crippen LogP contribution is -2.33. The maximum atomic E-state index is 12.7. The molecule has 1 aliphatic rings. The topological polar surface area (TPSA) is 76.1 Å². The quantitative estimate of drug-likeness (QED) is 0.797. The number of amides is 1. The van der Waals surface area contributed by atoms with Gasteiger partial charge in [0.1, 0.15) is 11.5 Å². The number of Topliss-reactive ketones (excluding diaryl/α,β-unsaturated/α-hetero) is 1. The standard InChI is InChI=1S/C22H23NO5/c1-14(24)19-20(17-10-9-16(27-2)13-18(17)28-3)23(22(26)21(19)25)12-11-15-7-5-4-6-8-15/h4-10,13,20,25H,11-12H2,1-3H3/t20-/m0/s1. The SMILES string of the molecule is COc1ccc([C@H]2C(C(C)=O)=C(O)C(=O)N2CCc2ccccc2)c(OC)c1.